The van der Waals surface area contributed by atoms with Gasteiger partial charge in [-0.25, -0.2) is 0 Å². The minimum absolute atomic E-state index is 0.0557. The molecule has 1 aromatic rings. The van der Waals surface area contributed by atoms with Gasteiger partial charge < -0.3 is 15.1 Å². The Hall–Kier alpha value is -1.29. The van der Waals surface area contributed by atoms with Crippen molar-refractivity contribution < 1.29 is 9.21 Å². The summed E-state index contributed by atoms with van der Waals surface area (Å²) in [6.45, 7) is 5.18. The van der Waals surface area contributed by atoms with E-state index in [4.69, 9.17) is 10.2 Å². The molecule has 106 valence electrons. The van der Waals surface area contributed by atoms with Crippen LogP contribution in [0.15, 0.2) is 16.5 Å². The van der Waals surface area contributed by atoms with Gasteiger partial charge in [0.2, 0.25) is 5.91 Å². The van der Waals surface area contributed by atoms with E-state index >= 15 is 0 Å². The van der Waals surface area contributed by atoms with Crippen molar-refractivity contribution in [3.8, 4) is 0 Å². The van der Waals surface area contributed by atoms with Crippen LogP contribution in [0.2, 0.25) is 0 Å². The molecule has 0 bridgehead atoms. The van der Waals surface area contributed by atoms with Gasteiger partial charge in [-0.15, -0.1) is 0 Å². The van der Waals surface area contributed by atoms with Gasteiger partial charge >= 0.3 is 0 Å². The second-order valence-corrected chi connectivity index (χ2v) is 5.54. The molecule has 0 radical (unpaired) electrons. The Balaban J connectivity index is 1.97. The maximum Gasteiger partial charge on any atom is 0.226 e. The molecule has 1 unspecified atom stereocenters. The van der Waals surface area contributed by atoms with Gasteiger partial charge in [0.15, 0.2) is 0 Å². The third-order valence-electron chi connectivity index (χ3n) is 3.66. The number of hydrogen-bond donors (Lipinski definition) is 1. The Morgan fingerprint density at radius 3 is 2.79 bits per heavy atom. The molecule has 4 heteroatoms. The maximum absolute atomic E-state index is 12.5. The largest absolute Gasteiger partial charge is 0.464 e. The number of amides is 1. The molecule has 1 heterocycles. The average molecular weight is 264 g/mol. The molecule has 1 aromatic heterocycles. The normalized spacial score (nSPS) is 16.4. The first-order valence-electron chi connectivity index (χ1n) is 7.17. The maximum atomic E-state index is 12.5. The van der Waals surface area contributed by atoms with Crippen molar-refractivity contribution in [1.82, 2.24) is 4.90 Å². The lowest BCUT2D eigenvalue weighted by Gasteiger charge is -2.25. The highest BCUT2D eigenvalue weighted by Crippen LogP contribution is 2.30. The molecule has 1 fully saturated rings. The highest BCUT2D eigenvalue weighted by atomic mass is 16.3. The first-order chi connectivity index (χ1) is 9.11. The third kappa shape index (κ3) is 3.83. The third-order valence-corrected chi connectivity index (χ3v) is 3.66. The van der Waals surface area contributed by atoms with Crippen molar-refractivity contribution in [2.75, 3.05) is 6.54 Å². The highest BCUT2D eigenvalue weighted by Gasteiger charge is 2.34. The summed E-state index contributed by atoms with van der Waals surface area (Å²) >= 11 is 0. The molecule has 0 aromatic carbocycles. The molecule has 1 saturated carbocycles. The van der Waals surface area contributed by atoms with Crippen LogP contribution in [0.3, 0.4) is 0 Å². The van der Waals surface area contributed by atoms with Gasteiger partial charge in [-0.05, 0) is 51.3 Å². The number of hydrogen-bond acceptors (Lipinski definition) is 3. The molecule has 1 amide bonds. The summed E-state index contributed by atoms with van der Waals surface area (Å²) in [5.74, 6) is 2.07. The van der Waals surface area contributed by atoms with Crippen LogP contribution in [0.1, 0.15) is 44.1 Å². The first-order valence-corrected chi connectivity index (χ1v) is 7.17. The van der Waals surface area contributed by atoms with Crippen LogP contribution in [0, 0.1) is 12.8 Å². The fraction of sp³-hybridized carbons (Fsp3) is 0.667. The number of nitrogens with zero attached hydrogens (tertiary/aromatic N) is 1. The van der Waals surface area contributed by atoms with Crippen LogP contribution in [0.25, 0.3) is 0 Å². The molecule has 2 rings (SSSR count). The Morgan fingerprint density at radius 2 is 2.26 bits per heavy atom. The Labute approximate surface area is 114 Å². The van der Waals surface area contributed by atoms with Crippen LogP contribution < -0.4 is 5.73 Å². The SMILES string of the molecule is Cc1ccc(CN(C(=O)C(C)CCCN)C2CC2)o1. The quantitative estimate of drug-likeness (QED) is 0.823. The molecule has 0 spiro atoms. The molecule has 1 atom stereocenters. The lowest BCUT2D eigenvalue weighted by atomic mass is 10.0. The van der Waals surface area contributed by atoms with E-state index in [2.05, 4.69) is 0 Å². The van der Waals surface area contributed by atoms with Gasteiger partial charge in [0.25, 0.3) is 0 Å². The molecule has 1 aliphatic rings. The van der Waals surface area contributed by atoms with Crippen LogP contribution >= 0.6 is 0 Å². The van der Waals surface area contributed by atoms with Gasteiger partial charge in [-0.2, -0.15) is 0 Å². The lowest BCUT2D eigenvalue weighted by molar-refractivity contribution is -0.136. The fourth-order valence-electron chi connectivity index (χ4n) is 2.34. The zero-order valence-corrected chi connectivity index (χ0v) is 11.9. The summed E-state index contributed by atoms with van der Waals surface area (Å²) in [5, 5.41) is 0. The zero-order chi connectivity index (χ0) is 13.8. The number of aryl methyl sites for hydroxylation is 1. The predicted molar refractivity (Wildman–Crippen MR) is 74.5 cm³/mol. The molecule has 0 saturated heterocycles. The van der Waals surface area contributed by atoms with Crippen molar-refractivity contribution in [2.24, 2.45) is 11.7 Å². The summed E-state index contributed by atoms with van der Waals surface area (Å²) in [7, 11) is 0. The van der Waals surface area contributed by atoms with Gasteiger partial charge in [0, 0.05) is 12.0 Å². The van der Waals surface area contributed by atoms with Gasteiger partial charge in [-0.1, -0.05) is 6.92 Å². The number of nitrogens with two attached hydrogens (primary N) is 1. The van der Waals surface area contributed by atoms with Crippen LogP contribution in [0.5, 0.6) is 0 Å². The molecule has 19 heavy (non-hydrogen) atoms. The lowest BCUT2D eigenvalue weighted by Crippen LogP contribution is -2.36. The molecule has 0 aliphatic heterocycles. The second-order valence-electron chi connectivity index (χ2n) is 5.54. The number of carbonyl (C=O) groups excluding carboxylic acids is 1. The summed E-state index contributed by atoms with van der Waals surface area (Å²) in [6.07, 6.45) is 4.02. The van der Waals surface area contributed by atoms with E-state index in [0.717, 1.165) is 37.2 Å². The first kappa shape index (κ1) is 14.1. The van der Waals surface area contributed by atoms with Crippen molar-refractivity contribution in [2.45, 2.75) is 52.1 Å². The van der Waals surface area contributed by atoms with Crippen LogP contribution in [-0.2, 0) is 11.3 Å². The van der Waals surface area contributed by atoms with Crippen LogP contribution in [-0.4, -0.2) is 23.4 Å². The van der Waals surface area contributed by atoms with Crippen LogP contribution in [0.4, 0.5) is 0 Å². The minimum Gasteiger partial charge on any atom is -0.464 e. The van der Waals surface area contributed by atoms with E-state index in [1.165, 1.54) is 0 Å². The van der Waals surface area contributed by atoms with Crippen molar-refractivity contribution in [1.29, 1.82) is 0 Å². The van der Waals surface area contributed by atoms with Gasteiger partial charge in [-0.3, -0.25) is 4.79 Å². The summed E-state index contributed by atoms with van der Waals surface area (Å²) in [6, 6.07) is 4.32. The average Bonchev–Trinajstić information content (AvgIpc) is 3.15. The molecule has 4 nitrogen and oxygen atoms in total. The smallest absolute Gasteiger partial charge is 0.226 e. The van der Waals surface area contributed by atoms with Gasteiger partial charge in [0.05, 0.1) is 6.54 Å². The molecular weight excluding hydrogens is 240 g/mol. The summed E-state index contributed by atoms with van der Waals surface area (Å²) in [4.78, 5) is 14.5. The van der Waals surface area contributed by atoms with E-state index < -0.39 is 0 Å². The number of furan rings is 1. The van der Waals surface area contributed by atoms with E-state index in [1.54, 1.807) is 0 Å². The molecule has 2 N–H and O–H groups in total. The van der Waals surface area contributed by atoms with Crippen molar-refractivity contribution in [3.63, 3.8) is 0 Å². The van der Waals surface area contributed by atoms with E-state index in [9.17, 15) is 4.79 Å². The Bertz CT molecular complexity index is 424. The zero-order valence-electron chi connectivity index (χ0n) is 11.9. The Morgan fingerprint density at radius 1 is 1.53 bits per heavy atom. The molecular formula is C15H24N2O2. The van der Waals surface area contributed by atoms with Crippen molar-refractivity contribution >= 4 is 5.91 Å². The predicted octanol–water partition coefficient (Wildman–Crippen LogP) is 2.45. The Kier molecular flexibility index (Phi) is 4.64. The fourth-order valence-corrected chi connectivity index (χ4v) is 2.34. The summed E-state index contributed by atoms with van der Waals surface area (Å²) in [5.41, 5.74) is 5.51. The van der Waals surface area contributed by atoms with E-state index in [1.807, 2.05) is 30.9 Å². The minimum atomic E-state index is 0.0557. The van der Waals surface area contributed by atoms with E-state index in [0.29, 0.717) is 19.1 Å². The number of rotatable bonds is 7. The van der Waals surface area contributed by atoms with Crippen molar-refractivity contribution in [3.05, 3.63) is 23.7 Å². The molecule has 1 aliphatic carbocycles. The second kappa shape index (κ2) is 6.24. The monoisotopic (exact) mass is 264 g/mol. The standard InChI is InChI=1S/C15H24N2O2/c1-11(4-3-9-16)15(18)17(13-6-7-13)10-14-8-5-12(2)19-14/h5,8,11,13H,3-4,6-7,9-10,16H2,1-2H3. The van der Waals surface area contributed by atoms with Gasteiger partial charge in [0.1, 0.15) is 11.5 Å². The highest BCUT2D eigenvalue weighted by molar-refractivity contribution is 5.79. The topological polar surface area (TPSA) is 59.5 Å². The summed E-state index contributed by atoms with van der Waals surface area (Å²) < 4.78 is 5.59. The number of carbonyl (C=O) groups is 1. The van der Waals surface area contributed by atoms with E-state index in [-0.39, 0.29) is 11.8 Å².